The SMILES string of the molecule is CCOC(=O)C1(CC#N)CCC(O[Si](C)(C)C(C)(C)C)CC1. The molecule has 0 aromatic heterocycles. The highest BCUT2D eigenvalue weighted by molar-refractivity contribution is 6.74. The van der Waals surface area contributed by atoms with Crippen LogP contribution in [0.2, 0.25) is 18.1 Å². The summed E-state index contributed by atoms with van der Waals surface area (Å²) in [7, 11) is -1.78. The first kappa shape index (κ1) is 19.2. The molecule has 4 nitrogen and oxygen atoms in total. The van der Waals surface area contributed by atoms with Crippen molar-refractivity contribution < 1.29 is 14.0 Å². The number of rotatable bonds is 5. The van der Waals surface area contributed by atoms with Gasteiger partial charge in [0.2, 0.25) is 0 Å². The van der Waals surface area contributed by atoms with E-state index in [2.05, 4.69) is 39.9 Å². The quantitative estimate of drug-likeness (QED) is 0.555. The second kappa shape index (κ2) is 7.14. The Balaban J connectivity index is 2.71. The van der Waals surface area contributed by atoms with Crippen LogP contribution < -0.4 is 0 Å². The van der Waals surface area contributed by atoms with Gasteiger partial charge in [0, 0.05) is 6.10 Å². The largest absolute Gasteiger partial charge is 0.466 e. The molecular weight excluding hydrogens is 294 g/mol. The lowest BCUT2D eigenvalue weighted by Crippen LogP contribution is -2.46. The van der Waals surface area contributed by atoms with Crippen molar-refractivity contribution >= 4 is 14.3 Å². The van der Waals surface area contributed by atoms with E-state index in [0.29, 0.717) is 19.4 Å². The molecule has 0 amide bonds. The van der Waals surface area contributed by atoms with E-state index in [1.807, 2.05) is 6.92 Å². The zero-order valence-electron chi connectivity index (χ0n) is 15.0. The topological polar surface area (TPSA) is 59.3 Å². The number of ether oxygens (including phenoxy) is 1. The number of esters is 1. The highest BCUT2D eigenvalue weighted by Gasteiger charge is 2.46. The molecule has 1 saturated carbocycles. The van der Waals surface area contributed by atoms with Crippen molar-refractivity contribution in [2.24, 2.45) is 5.41 Å². The van der Waals surface area contributed by atoms with Crippen LogP contribution in [0.3, 0.4) is 0 Å². The van der Waals surface area contributed by atoms with Crippen molar-refractivity contribution in [1.82, 2.24) is 0 Å². The normalized spacial score (nSPS) is 26.3. The summed E-state index contributed by atoms with van der Waals surface area (Å²) in [4.78, 5) is 12.3. The number of carbonyl (C=O) groups excluding carboxylic acids is 1. The zero-order valence-corrected chi connectivity index (χ0v) is 16.0. The van der Waals surface area contributed by atoms with E-state index in [1.165, 1.54) is 0 Å². The number of nitriles is 1. The van der Waals surface area contributed by atoms with E-state index in [1.54, 1.807) is 0 Å². The highest BCUT2D eigenvalue weighted by Crippen LogP contribution is 2.44. The Kier molecular flexibility index (Phi) is 6.23. The molecule has 0 aromatic carbocycles. The van der Waals surface area contributed by atoms with Crippen LogP contribution in [0.5, 0.6) is 0 Å². The minimum atomic E-state index is -1.78. The van der Waals surface area contributed by atoms with E-state index in [4.69, 9.17) is 14.4 Å². The van der Waals surface area contributed by atoms with E-state index >= 15 is 0 Å². The van der Waals surface area contributed by atoms with Crippen LogP contribution in [0.25, 0.3) is 0 Å². The molecule has 0 heterocycles. The maximum absolute atomic E-state index is 12.3. The molecule has 0 radical (unpaired) electrons. The predicted octanol–water partition coefficient (Wildman–Crippen LogP) is 4.41. The average Bonchev–Trinajstić information content (AvgIpc) is 2.40. The van der Waals surface area contributed by atoms with Gasteiger partial charge in [-0.3, -0.25) is 4.79 Å². The van der Waals surface area contributed by atoms with Gasteiger partial charge in [-0.1, -0.05) is 20.8 Å². The number of hydrogen-bond donors (Lipinski definition) is 0. The summed E-state index contributed by atoms with van der Waals surface area (Å²) in [6.07, 6.45) is 3.53. The van der Waals surface area contributed by atoms with E-state index in [0.717, 1.165) is 12.8 Å². The molecule has 0 unspecified atom stereocenters. The van der Waals surface area contributed by atoms with Crippen molar-refractivity contribution in [3.05, 3.63) is 0 Å². The van der Waals surface area contributed by atoms with Gasteiger partial charge in [-0.25, -0.2) is 0 Å². The van der Waals surface area contributed by atoms with Crippen molar-refractivity contribution in [2.75, 3.05) is 6.61 Å². The molecule has 126 valence electrons. The van der Waals surface area contributed by atoms with Crippen molar-refractivity contribution in [1.29, 1.82) is 5.26 Å². The number of hydrogen-bond acceptors (Lipinski definition) is 4. The van der Waals surface area contributed by atoms with Crippen LogP contribution in [0.1, 0.15) is 59.8 Å². The lowest BCUT2D eigenvalue weighted by molar-refractivity contribution is -0.158. The Hall–Kier alpha value is -0.863. The van der Waals surface area contributed by atoms with Crippen LogP contribution in [0.15, 0.2) is 0 Å². The first-order valence-electron chi connectivity index (χ1n) is 8.30. The molecule has 1 aliphatic rings. The Morgan fingerprint density at radius 2 is 1.86 bits per heavy atom. The van der Waals surface area contributed by atoms with Gasteiger partial charge in [0.25, 0.3) is 0 Å². The summed E-state index contributed by atoms with van der Waals surface area (Å²) < 4.78 is 11.7. The fourth-order valence-corrected chi connectivity index (χ4v) is 4.17. The Morgan fingerprint density at radius 3 is 2.27 bits per heavy atom. The van der Waals surface area contributed by atoms with Crippen molar-refractivity contribution in [3.63, 3.8) is 0 Å². The van der Waals surface area contributed by atoms with Crippen LogP contribution in [-0.4, -0.2) is 27.0 Å². The van der Waals surface area contributed by atoms with Crippen LogP contribution in [-0.2, 0) is 14.0 Å². The molecule has 1 rings (SSSR count). The molecule has 1 aliphatic carbocycles. The zero-order chi connectivity index (χ0) is 17.0. The minimum absolute atomic E-state index is 0.190. The standard InChI is InChI=1S/C17H31NO3Si/c1-7-20-15(19)17(12-13-18)10-8-14(9-11-17)21-22(5,6)16(2,3)4/h14H,7-12H2,1-6H3. The highest BCUT2D eigenvalue weighted by atomic mass is 28.4. The molecular formula is C17H31NO3Si. The number of carbonyl (C=O) groups is 1. The minimum Gasteiger partial charge on any atom is -0.466 e. The lowest BCUT2D eigenvalue weighted by atomic mass is 9.71. The van der Waals surface area contributed by atoms with Gasteiger partial charge in [0.1, 0.15) is 0 Å². The summed E-state index contributed by atoms with van der Waals surface area (Å²) in [6.45, 7) is 13.4. The monoisotopic (exact) mass is 325 g/mol. The third-order valence-corrected chi connectivity index (χ3v) is 9.82. The summed E-state index contributed by atoms with van der Waals surface area (Å²) in [5.41, 5.74) is -0.613. The number of nitrogens with zero attached hydrogens (tertiary/aromatic N) is 1. The Bertz CT molecular complexity index is 426. The summed E-state index contributed by atoms with van der Waals surface area (Å²) in [6, 6.07) is 2.17. The second-order valence-electron chi connectivity index (χ2n) is 7.91. The maximum Gasteiger partial charge on any atom is 0.313 e. The molecule has 0 saturated heterocycles. The van der Waals surface area contributed by atoms with Crippen molar-refractivity contribution in [2.45, 2.75) is 84.0 Å². The first-order chi connectivity index (χ1) is 10.1. The molecule has 0 bridgehead atoms. The third-order valence-electron chi connectivity index (χ3n) is 5.28. The van der Waals surface area contributed by atoms with Crippen molar-refractivity contribution in [3.8, 4) is 6.07 Å². The van der Waals surface area contributed by atoms with E-state index < -0.39 is 13.7 Å². The molecule has 0 aliphatic heterocycles. The smallest absolute Gasteiger partial charge is 0.313 e. The maximum atomic E-state index is 12.3. The molecule has 0 atom stereocenters. The predicted molar refractivity (Wildman–Crippen MR) is 89.8 cm³/mol. The molecule has 5 heteroatoms. The van der Waals surface area contributed by atoms with E-state index in [9.17, 15) is 4.79 Å². The average molecular weight is 326 g/mol. The Morgan fingerprint density at radius 1 is 1.32 bits per heavy atom. The second-order valence-corrected chi connectivity index (χ2v) is 12.7. The van der Waals surface area contributed by atoms with E-state index in [-0.39, 0.29) is 23.5 Å². The summed E-state index contributed by atoms with van der Waals surface area (Å²) >= 11 is 0. The van der Waals surface area contributed by atoms with Gasteiger partial charge < -0.3 is 9.16 Å². The first-order valence-corrected chi connectivity index (χ1v) is 11.2. The van der Waals surface area contributed by atoms with Crippen LogP contribution >= 0.6 is 0 Å². The molecule has 1 fully saturated rings. The fourth-order valence-electron chi connectivity index (χ4n) is 2.74. The molecule has 0 spiro atoms. The summed E-state index contributed by atoms with van der Waals surface area (Å²) in [5.74, 6) is -0.206. The van der Waals surface area contributed by atoms with Gasteiger partial charge in [-0.15, -0.1) is 0 Å². The molecule has 22 heavy (non-hydrogen) atoms. The fraction of sp³-hybridized carbons (Fsp3) is 0.882. The third kappa shape index (κ3) is 4.33. The van der Waals surface area contributed by atoms with Gasteiger partial charge in [0.05, 0.1) is 24.5 Å². The van der Waals surface area contributed by atoms with Gasteiger partial charge in [-0.05, 0) is 50.7 Å². The summed E-state index contributed by atoms with van der Waals surface area (Å²) in [5, 5.41) is 9.27. The lowest BCUT2D eigenvalue weighted by Gasteiger charge is -2.43. The molecule has 0 aromatic rings. The van der Waals surface area contributed by atoms with Gasteiger partial charge >= 0.3 is 5.97 Å². The van der Waals surface area contributed by atoms with Gasteiger partial charge in [0.15, 0.2) is 8.32 Å². The van der Waals surface area contributed by atoms with Crippen LogP contribution in [0, 0.1) is 16.7 Å². The Labute approximate surface area is 136 Å². The van der Waals surface area contributed by atoms with Gasteiger partial charge in [-0.2, -0.15) is 5.26 Å². The van der Waals surface area contributed by atoms with Crippen LogP contribution in [0.4, 0.5) is 0 Å². The molecule has 0 N–H and O–H groups in total.